The van der Waals surface area contributed by atoms with E-state index in [-0.39, 0.29) is 11.8 Å². The Labute approximate surface area is 204 Å². The van der Waals surface area contributed by atoms with Crippen LogP contribution in [0.5, 0.6) is 11.5 Å². The average Bonchev–Trinajstić information content (AvgIpc) is 2.82. The normalized spacial score (nSPS) is 12.8. The molecular weight excluding hydrogens is 532 g/mol. The van der Waals surface area contributed by atoms with Crippen LogP contribution < -0.4 is 9.47 Å². The van der Waals surface area contributed by atoms with Crippen LogP contribution in [0.25, 0.3) is 0 Å². The second kappa shape index (κ2) is 10.3. The van der Waals surface area contributed by atoms with Crippen LogP contribution in [0, 0.1) is 0 Å². The Balaban J connectivity index is 1.99. The molecule has 0 aliphatic heterocycles. The molecule has 0 amide bonds. The maximum Gasteiger partial charge on any atom is 0.119 e. The van der Waals surface area contributed by atoms with E-state index in [9.17, 15) is 0 Å². The van der Waals surface area contributed by atoms with Crippen LogP contribution >= 0.6 is 31.9 Å². The van der Waals surface area contributed by atoms with E-state index >= 15 is 0 Å². The largest absolute Gasteiger partial charge is 0.497 e. The summed E-state index contributed by atoms with van der Waals surface area (Å²) in [4.78, 5) is 9.69. The third kappa shape index (κ3) is 5.03. The summed E-state index contributed by atoms with van der Waals surface area (Å²) in [6.45, 7) is 0. The first-order valence-electron chi connectivity index (χ1n) is 10.1. The summed E-state index contributed by atoms with van der Waals surface area (Å²) in [6, 6.07) is 28.3. The summed E-state index contributed by atoms with van der Waals surface area (Å²) in [5.41, 5.74) is 4.04. The maximum absolute atomic E-state index is 5.54. The van der Waals surface area contributed by atoms with Gasteiger partial charge in [0, 0.05) is 11.8 Å². The van der Waals surface area contributed by atoms with Crippen molar-refractivity contribution in [2.75, 3.05) is 14.2 Å². The van der Waals surface area contributed by atoms with Gasteiger partial charge in [-0.1, -0.05) is 36.4 Å². The highest BCUT2D eigenvalue weighted by Gasteiger charge is 2.31. The van der Waals surface area contributed by atoms with E-state index in [1.807, 2.05) is 48.5 Å². The zero-order valence-electron chi connectivity index (χ0n) is 17.7. The molecule has 0 bridgehead atoms. The minimum absolute atomic E-state index is 0.114. The fourth-order valence-corrected chi connectivity index (χ4v) is 4.65. The molecule has 0 spiro atoms. The Bertz CT molecular complexity index is 1120. The molecule has 4 nitrogen and oxygen atoms in total. The van der Waals surface area contributed by atoms with Crippen molar-refractivity contribution in [3.05, 3.63) is 117 Å². The Morgan fingerprint density at radius 3 is 1.38 bits per heavy atom. The van der Waals surface area contributed by atoms with E-state index in [1.54, 1.807) is 14.2 Å². The first-order valence-corrected chi connectivity index (χ1v) is 11.7. The number of halogens is 2. The molecule has 2 aromatic heterocycles. The number of hydrogen-bond acceptors (Lipinski definition) is 4. The van der Waals surface area contributed by atoms with Gasteiger partial charge in [0.25, 0.3) is 0 Å². The van der Waals surface area contributed by atoms with Crippen LogP contribution in [0.15, 0.2) is 94.1 Å². The Morgan fingerprint density at radius 1 is 0.594 bits per heavy atom. The van der Waals surface area contributed by atoms with Gasteiger partial charge in [-0.15, -0.1) is 0 Å². The first-order chi connectivity index (χ1) is 15.6. The van der Waals surface area contributed by atoms with Crippen molar-refractivity contribution in [3.8, 4) is 11.5 Å². The molecule has 4 rings (SSSR count). The number of ether oxygens (including phenoxy) is 2. The van der Waals surface area contributed by atoms with Crippen LogP contribution in [0.2, 0.25) is 0 Å². The van der Waals surface area contributed by atoms with E-state index in [4.69, 9.17) is 19.4 Å². The van der Waals surface area contributed by atoms with Gasteiger partial charge in [-0.05, 0) is 91.5 Å². The molecule has 0 aliphatic rings. The molecule has 6 heteroatoms. The van der Waals surface area contributed by atoms with Gasteiger partial charge in [0.15, 0.2) is 0 Å². The third-order valence-electron chi connectivity index (χ3n) is 5.35. The summed E-state index contributed by atoms with van der Waals surface area (Å²) in [7, 11) is 3.36. The average molecular weight is 554 g/mol. The van der Waals surface area contributed by atoms with Crippen molar-refractivity contribution in [1.29, 1.82) is 0 Å². The number of aromatic nitrogens is 2. The fraction of sp³-hybridized carbons (Fsp3) is 0.154. The maximum atomic E-state index is 5.54. The highest BCUT2D eigenvalue weighted by atomic mass is 79.9. The van der Waals surface area contributed by atoms with Crippen molar-refractivity contribution in [1.82, 2.24) is 9.97 Å². The van der Waals surface area contributed by atoms with Gasteiger partial charge in [0.05, 0.1) is 25.6 Å². The molecule has 0 aliphatic carbocycles. The number of rotatable bonds is 7. The summed E-state index contributed by atoms with van der Waals surface area (Å²) in [6.07, 6.45) is 0. The molecule has 162 valence electrons. The third-order valence-corrected chi connectivity index (χ3v) is 6.23. The van der Waals surface area contributed by atoms with Crippen LogP contribution in [0.1, 0.15) is 34.4 Å². The van der Waals surface area contributed by atoms with E-state index < -0.39 is 0 Å². The molecule has 0 saturated heterocycles. The minimum atomic E-state index is -0.114. The van der Waals surface area contributed by atoms with Gasteiger partial charge < -0.3 is 9.47 Å². The number of methoxy groups -OCH3 is 2. The Hall–Kier alpha value is -2.70. The summed E-state index contributed by atoms with van der Waals surface area (Å²) in [5, 5.41) is 0. The minimum Gasteiger partial charge on any atom is -0.497 e. The van der Waals surface area contributed by atoms with Crippen LogP contribution in [0.3, 0.4) is 0 Å². The number of pyridine rings is 2. The van der Waals surface area contributed by atoms with Gasteiger partial charge in [-0.25, -0.2) is 9.97 Å². The fourth-order valence-electron chi connectivity index (χ4n) is 3.93. The Kier molecular flexibility index (Phi) is 7.22. The van der Waals surface area contributed by atoms with Gasteiger partial charge >= 0.3 is 0 Å². The lowest BCUT2D eigenvalue weighted by Crippen LogP contribution is -2.17. The lowest BCUT2D eigenvalue weighted by Gasteiger charge is -2.28. The SMILES string of the molecule is COc1cccc([C@@H](c2cccc(Br)n2)[C@@H](c2cccc(OC)c2)c2cccc(Br)n2)c1. The highest BCUT2D eigenvalue weighted by molar-refractivity contribution is 9.10. The van der Waals surface area contributed by atoms with E-state index in [2.05, 4.69) is 68.3 Å². The molecule has 2 atom stereocenters. The van der Waals surface area contributed by atoms with Gasteiger partial charge in [-0.2, -0.15) is 0 Å². The monoisotopic (exact) mass is 552 g/mol. The number of benzene rings is 2. The standard InChI is InChI=1S/C26H22Br2N2O2/c1-31-19-9-3-7-17(15-19)25(21-11-5-13-23(27)29-21)26(22-12-6-14-24(28)30-22)18-8-4-10-20(16-18)32-2/h3-16,25-26H,1-2H3/t25-,26-/m0/s1. The summed E-state index contributed by atoms with van der Waals surface area (Å²) < 4.78 is 12.7. The van der Waals surface area contributed by atoms with Crippen molar-refractivity contribution in [2.45, 2.75) is 11.8 Å². The highest BCUT2D eigenvalue weighted by Crippen LogP contribution is 2.43. The van der Waals surface area contributed by atoms with Gasteiger partial charge in [-0.3, -0.25) is 0 Å². The first kappa shape index (κ1) is 22.5. The second-order valence-corrected chi connectivity index (χ2v) is 8.90. The molecule has 2 heterocycles. The second-order valence-electron chi connectivity index (χ2n) is 7.28. The topological polar surface area (TPSA) is 44.2 Å². The zero-order valence-corrected chi connectivity index (χ0v) is 20.9. The van der Waals surface area contributed by atoms with Crippen molar-refractivity contribution >= 4 is 31.9 Å². The lowest BCUT2D eigenvalue weighted by molar-refractivity contribution is 0.412. The molecule has 0 unspecified atom stereocenters. The number of hydrogen-bond donors (Lipinski definition) is 0. The molecule has 4 aromatic rings. The summed E-state index contributed by atoms with van der Waals surface area (Å²) >= 11 is 7.10. The zero-order chi connectivity index (χ0) is 22.5. The molecular formula is C26H22Br2N2O2. The van der Waals surface area contributed by atoms with Crippen molar-refractivity contribution in [3.63, 3.8) is 0 Å². The lowest BCUT2D eigenvalue weighted by atomic mass is 9.77. The molecule has 0 N–H and O–H groups in total. The molecule has 32 heavy (non-hydrogen) atoms. The van der Waals surface area contributed by atoms with Gasteiger partial charge in [0.2, 0.25) is 0 Å². The predicted molar refractivity (Wildman–Crippen MR) is 134 cm³/mol. The van der Waals surface area contributed by atoms with E-state index in [0.29, 0.717) is 0 Å². The Morgan fingerprint density at radius 2 is 1.00 bits per heavy atom. The molecule has 0 fully saturated rings. The van der Waals surface area contributed by atoms with Crippen LogP contribution in [-0.2, 0) is 0 Å². The molecule has 2 aromatic carbocycles. The number of nitrogens with zero attached hydrogens (tertiary/aromatic N) is 2. The van der Waals surface area contributed by atoms with Crippen molar-refractivity contribution < 1.29 is 9.47 Å². The van der Waals surface area contributed by atoms with Crippen LogP contribution in [0.4, 0.5) is 0 Å². The van der Waals surface area contributed by atoms with Crippen molar-refractivity contribution in [2.24, 2.45) is 0 Å². The molecule has 0 radical (unpaired) electrons. The quantitative estimate of drug-likeness (QED) is 0.231. The molecule has 0 saturated carbocycles. The summed E-state index contributed by atoms with van der Waals surface area (Å²) in [5.74, 6) is 1.37. The predicted octanol–water partition coefficient (Wildman–Crippen LogP) is 6.98. The smallest absolute Gasteiger partial charge is 0.119 e. The van der Waals surface area contributed by atoms with E-state index in [1.165, 1.54) is 0 Å². The van der Waals surface area contributed by atoms with Crippen LogP contribution in [-0.4, -0.2) is 24.2 Å². The van der Waals surface area contributed by atoms with Gasteiger partial charge in [0.1, 0.15) is 20.7 Å². The van der Waals surface area contributed by atoms with E-state index in [0.717, 1.165) is 43.2 Å².